The van der Waals surface area contributed by atoms with Crippen LogP contribution in [0, 0.1) is 5.92 Å². The van der Waals surface area contributed by atoms with Gasteiger partial charge in [-0.1, -0.05) is 12.8 Å². The molecule has 126 valence electrons. The van der Waals surface area contributed by atoms with Gasteiger partial charge in [-0.05, 0) is 30.4 Å². The maximum atomic E-state index is 6.00. The number of nitrogens with one attached hydrogen (secondary N) is 2. The standard InChI is InChI=1S/C15H17ClN6OS/c16-14-20-12(18-7-10-17-5-6-24-10)11-13(21-14)22-15(19-11)23-8-9-3-1-2-4-9/h5-6,9H,1-4,7-8H2,(H2,18,19,20,21,22). The Morgan fingerprint density at radius 1 is 1.29 bits per heavy atom. The third kappa shape index (κ3) is 3.44. The Bertz CT molecular complexity index is 815. The van der Waals surface area contributed by atoms with Crippen LogP contribution in [0.1, 0.15) is 30.7 Å². The lowest BCUT2D eigenvalue weighted by Gasteiger charge is -2.08. The number of hydrogen-bond acceptors (Lipinski definition) is 7. The molecule has 1 aliphatic carbocycles. The van der Waals surface area contributed by atoms with Crippen molar-refractivity contribution in [2.75, 3.05) is 11.9 Å². The van der Waals surface area contributed by atoms with Crippen molar-refractivity contribution in [3.8, 4) is 6.01 Å². The first-order valence-corrected chi connectivity index (χ1v) is 9.22. The number of fused-ring (bicyclic) bond motifs is 1. The van der Waals surface area contributed by atoms with Gasteiger partial charge in [-0.25, -0.2) is 4.98 Å². The molecular weight excluding hydrogens is 348 g/mol. The minimum absolute atomic E-state index is 0.151. The van der Waals surface area contributed by atoms with Gasteiger partial charge in [0, 0.05) is 11.6 Å². The van der Waals surface area contributed by atoms with Gasteiger partial charge < -0.3 is 15.0 Å². The summed E-state index contributed by atoms with van der Waals surface area (Å²) in [6.45, 7) is 1.25. The molecule has 7 nitrogen and oxygen atoms in total. The molecule has 0 aromatic carbocycles. The topological polar surface area (TPSA) is 88.6 Å². The van der Waals surface area contributed by atoms with E-state index in [1.165, 1.54) is 25.7 Å². The molecule has 2 N–H and O–H groups in total. The molecule has 0 bridgehead atoms. The van der Waals surface area contributed by atoms with Gasteiger partial charge in [0.15, 0.2) is 11.5 Å². The zero-order valence-corrected chi connectivity index (χ0v) is 14.5. The van der Waals surface area contributed by atoms with Crippen molar-refractivity contribution in [2.45, 2.75) is 32.2 Å². The van der Waals surface area contributed by atoms with Gasteiger partial charge in [0.25, 0.3) is 6.01 Å². The van der Waals surface area contributed by atoms with Crippen LogP contribution in [0.3, 0.4) is 0 Å². The number of H-pyrrole nitrogens is 1. The highest BCUT2D eigenvalue weighted by Crippen LogP contribution is 2.27. The second kappa shape index (κ2) is 6.90. The summed E-state index contributed by atoms with van der Waals surface area (Å²) in [5, 5.41) is 6.28. The van der Waals surface area contributed by atoms with Crippen LogP contribution < -0.4 is 10.1 Å². The van der Waals surface area contributed by atoms with E-state index < -0.39 is 0 Å². The van der Waals surface area contributed by atoms with E-state index in [-0.39, 0.29) is 5.28 Å². The van der Waals surface area contributed by atoms with E-state index in [4.69, 9.17) is 16.3 Å². The smallest absolute Gasteiger partial charge is 0.296 e. The zero-order valence-electron chi connectivity index (χ0n) is 13.0. The van der Waals surface area contributed by atoms with E-state index in [9.17, 15) is 0 Å². The Morgan fingerprint density at radius 3 is 2.96 bits per heavy atom. The van der Waals surface area contributed by atoms with E-state index in [2.05, 4.69) is 30.2 Å². The summed E-state index contributed by atoms with van der Waals surface area (Å²) in [7, 11) is 0. The summed E-state index contributed by atoms with van der Waals surface area (Å²) in [4.78, 5) is 20.2. The number of halogens is 1. The van der Waals surface area contributed by atoms with Crippen LogP contribution in [-0.4, -0.2) is 31.5 Å². The number of aromatic amines is 1. The Labute approximate surface area is 147 Å². The number of hydrogen-bond donors (Lipinski definition) is 2. The van der Waals surface area contributed by atoms with Crippen LogP contribution >= 0.6 is 22.9 Å². The molecule has 1 saturated carbocycles. The van der Waals surface area contributed by atoms with E-state index in [1.54, 1.807) is 17.5 Å². The molecule has 0 saturated heterocycles. The average Bonchev–Trinajstić information content (AvgIpc) is 3.31. The van der Waals surface area contributed by atoms with Crippen molar-refractivity contribution in [2.24, 2.45) is 5.92 Å². The molecular formula is C15H17ClN6OS. The van der Waals surface area contributed by atoms with Crippen molar-refractivity contribution in [3.63, 3.8) is 0 Å². The van der Waals surface area contributed by atoms with Crippen LogP contribution in [0.4, 0.5) is 5.82 Å². The highest BCUT2D eigenvalue weighted by atomic mass is 35.5. The molecule has 0 amide bonds. The largest absolute Gasteiger partial charge is 0.464 e. The monoisotopic (exact) mass is 364 g/mol. The average molecular weight is 365 g/mol. The minimum Gasteiger partial charge on any atom is -0.464 e. The molecule has 3 aromatic rings. The van der Waals surface area contributed by atoms with Gasteiger partial charge in [-0.3, -0.25) is 0 Å². The first-order chi connectivity index (χ1) is 11.8. The van der Waals surface area contributed by atoms with Gasteiger partial charge in [0.1, 0.15) is 10.5 Å². The lowest BCUT2D eigenvalue weighted by molar-refractivity contribution is 0.237. The highest BCUT2D eigenvalue weighted by molar-refractivity contribution is 7.09. The van der Waals surface area contributed by atoms with Crippen molar-refractivity contribution in [1.82, 2.24) is 24.9 Å². The molecule has 1 aliphatic rings. The van der Waals surface area contributed by atoms with E-state index in [0.717, 1.165) is 5.01 Å². The van der Waals surface area contributed by atoms with Crippen molar-refractivity contribution in [1.29, 1.82) is 0 Å². The predicted octanol–water partition coefficient (Wildman–Crippen LogP) is 3.64. The highest BCUT2D eigenvalue weighted by Gasteiger charge is 2.18. The summed E-state index contributed by atoms with van der Waals surface area (Å²) in [6.07, 6.45) is 6.81. The summed E-state index contributed by atoms with van der Waals surface area (Å²) in [5.74, 6) is 1.22. The molecule has 3 aromatic heterocycles. The lowest BCUT2D eigenvalue weighted by atomic mass is 10.1. The Morgan fingerprint density at radius 2 is 2.17 bits per heavy atom. The van der Waals surface area contributed by atoms with Crippen LogP contribution in [0.15, 0.2) is 11.6 Å². The number of anilines is 1. The van der Waals surface area contributed by atoms with Gasteiger partial charge in [-0.15, -0.1) is 11.3 Å². The molecule has 4 rings (SSSR count). The SMILES string of the molecule is Clc1nc(NCc2nccs2)c2[nH]c(OCC3CCCC3)nc2n1. The van der Waals surface area contributed by atoms with Crippen LogP contribution in [-0.2, 0) is 6.54 Å². The molecule has 24 heavy (non-hydrogen) atoms. The van der Waals surface area contributed by atoms with Crippen LogP contribution in [0.25, 0.3) is 11.2 Å². The fraction of sp³-hybridized carbons (Fsp3) is 0.467. The summed E-state index contributed by atoms with van der Waals surface area (Å²) < 4.78 is 5.80. The third-order valence-corrected chi connectivity index (χ3v) is 5.07. The van der Waals surface area contributed by atoms with Gasteiger partial charge in [-0.2, -0.15) is 15.0 Å². The van der Waals surface area contributed by atoms with Gasteiger partial charge >= 0.3 is 0 Å². The number of aromatic nitrogens is 5. The zero-order chi connectivity index (χ0) is 16.4. The number of ether oxygens (including phenoxy) is 1. The van der Waals surface area contributed by atoms with Crippen molar-refractivity contribution in [3.05, 3.63) is 21.9 Å². The van der Waals surface area contributed by atoms with E-state index in [0.29, 0.717) is 42.1 Å². The number of nitrogens with zero attached hydrogens (tertiary/aromatic N) is 4. The molecule has 0 radical (unpaired) electrons. The normalized spacial score (nSPS) is 15.2. The quantitative estimate of drug-likeness (QED) is 0.649. The first-order valence-electron chi connectivity index (χ1n) is 7.96. The molecule has 1 fully saturated rings. The van der Waals surface area contributed by atoms with Crippen LogP contribution in [0.2, 0.25) is 5.28 Å². The molecule has 9 heteroatoms. The first kappa shape index (κ1) is 15.6. The predicted molar refractivity (Wildman–Crippen MR) is 93.6 cm³/mol. The molecule has 3 heterocycles. The van der Waals surface area contributed by atoms with Crippen molar-refractivity contribution < 1.29 is 4.74 Å². The Kier molecular flexibility index (Phi) is 4.48. The summed E-state index contributed by atoms with van der Waals surface area (Å²) in [5.41, 5.74) is 1.19. The molecule has 0 atom stereocenters. The third-order valence-electron chi connectivity index (χ3n) is 4.12. The van der Waals surface area contributed by atoms with Gasteiger partial charge in [0.2, 0.25) is 5.28 Å². The summed E-state index contributed by atoms with van der Waals surface area (Å²) in [6, 6.07) is 0.464. The fourth-order valence-electron chi connectivity index (χ4n) is 2.92. The lowest BCUT2D eigenvalue weighted by Crippen LogP contribution is -2.08. The Hall–Kier alpha value is -1.93. The number of rotatable bonds is 6. The number of imidazole rings is 1. The summed E-state index contributed by atoms with van der Waals surface area (Å²) >= 11 is 7.58. The van der Waals surface area contributed by atoms with Crippen LogP contribution in [0.5, 0.6) is 6.01 Å². The second-order valence-corrected chi connectivity index (χ2v) is 7.14. The molecule has 0 spiro atoms. The second-order valence-electron chi connectivity index (χ2n) is 5.82. The molecule has 0 aliphatic heterocycles. The van der Waals surface area contributed by atoms with Crippen molar-refractivity contribution >= 4 is 39.9 Å². The maximum absolute atomic E-state index is 6.00. The minimum atomic E-state index is 0.151. The van der Waals surface area contributed by atoms with E-state index in [1.807, 2.05) is 5.38 Å². The maximum Gasteiger partial charge on any atom is 0.296 e. The molecule has 0 unspecified atom stereocenters. The fourth-order valence-corrected chi connectivity index (χ4v) is 3.64. The number of thiazole rings is 1. The van der Waals surface area contributed by atoms with E-state index >= 15 is 0 Å². The Balaban J connectivity index is 1.52. The van der Waals surface area contributed by atoms with Gasteiger partial charge in [0.05, 0.1) is 13.2 Å².